The van der Waals surface area contributed by atoms with E-state index in [2.05, 4.69) is 15.0 Å². The molecule has 5 nitrogen and oxygen atoms in total. The van der Waals surface area contributed by atoms with Crippen molar-refractivity contribution in [3.63, 3.8) is 0 Å². The maximum atomic E-state index is 5.93. The van der Waals surface area contributed by atoms with Crippen molar-refractivity contribution >= 4 is 17.2 Å². The van der Waals surface area contributed by atoms with Gasteiger partial charge >= 0.3 is 0 Å². The zero-order valence-corrected chi connectivity index (χ0v) is 12.3. The van der Waals surface area contributed by atoms with Crippen LogP contribution in [0.3, 0.4) is 0 Å². The van der Waals surface area contributed by atoms with Crippen molar-refractivity contribution in [3.05, 3.63) is 35.0 Å². The first kappa shape index (κ1) is 12.8. The van der Waals surface area contributed by atoms with E-state index in [9.17, 15) is 0 Å². The zero-order valence-electron chi connectivity index (χ0n) is 11.5. The number of thiazole rings is 1. The summed E-state index contributed by atoms with van der Waals surface area (Å²) in [6.07, 6.45) is 1.72. The molecule has 0 fully saturated rings. The Bertz CT molecular complexity index is 775. The minimum atomic E-state index is 0.457. The van der Waals surface area contributed by atoms with Crippen LogP contribution >= 0.6 is 11.3 Å². The SMILES string of the molecule is Cc1ncc(-c2nc(-c3cc(C)oc3C)cs2)c(N)n1. The molecule has 0 unspecified atom stereocenters. The Morgan fingerprint density at radius 3 is 2.60 bits per heavy atom. The van der Waals surface area contributed by atoms with Crippen molar-refractivity contribution in [1.82, 2.24) is 15.0 Å². The van der Waals surface area contributed by atoms with E-state index in [0.29, 0.717) is 11.6 Å². The minimum absolute atomic E-state index is 0.457. The van der Waals surface area contributed by atoms with E-state index < -0.39 is 0 Å². The van der Waals surface area contributed by atoms with Crippen LogP contribution in [0.25, 0.3) is 21.8 Å². The normalized spacial score (nSPS) is 10.9. The molecular formula is C14H14N4OS. The highest BCUT2D eigenvalue weighted by atomic mass is 32.1. The fraction of sp³-hybridized carbons (Fsp3) is 0.214. The van der Waals surface area contributed by atoms with Gasteiger partial charge in [0.05, 0.1) is 11.3 Å². The third-order valence-corrected chi connectivity index (χ3v) is 3.87. The Morgan fingerprint density at radius 2 is 1.95 bits per heavy atom. The summed E-state index contributed by atoms with van der Waals surface area (Å²) in [6.45, 7) is 5.67. The number of aryl methyl sites for hydroxylation is 3. The summed E-state index contributed by atoms with van der Waals surface area (Å²) in [5.74, 6) is 2.86. The van der Waals surface area contributed by atoms with Gasteiger partial charge in [-0.3, -0.25) is 0 Å². The molecule has 0 saturated heterocycles. The number of nitrogens with two attached hydrogens (primary N) is 1. The Kier molecular flexibility index (Phi) is 3.02. The van der Waals surface area contributed by atoms with E-state index in [4.69, 9.17) is 10.2 Å². The molecule has 0 atom stereocenters. The Balaban J connectivity index is 2.04. The second-order valence-electron chi connectivity index (χ2n) is 4.58. The number of nitrogens with zero attached hydrogens (tertiary/aromatic N) is 3. The monoisotopic (exact) mass is 286 g/mol. The van der Waals surface area contributed by atoms with Gasteiger partial charge in [0.1, 0.15) is 28.2 Å². The average molecular weight is 286 g/mol. The predicted molar refractivity (Wildman–Crippen MR) is 79.5 cm³/mol. The van der Waals surface area contributed by atoms with Gasteiger partial charge in [0, 0.05) is 17.1 Å². The topological polar surface area (TPSA) is 77.8 Å². The van der Waals surface area contributed by atoms with Crippen molar-refractivity contribution in [1.29, 1.82) is 0 Å². The maximum absolute atomic E-state index is 5.93. The molecule has 0 aliphatic carbocycles. The molecule has 102 valence electrons. The van der Waals surface area contributed by atoms with Gasteiger partial charge in [-0.25, -0.2) is 15.0 Å². The Morgan fingerprint density at radius 1 is 1.15 bits per heavy atom. The molecule has 20 heavy (non-hydrogen) atoms. The molecule has 3 aromatic heterocycles. The van der Waals surface area contributed by atoms with Gasteiger partial charge in [-0.1, -0.05) is 0 Å². The van der Waals surface area contributed by atoms with Gasteiger partial charge in [0.2, 0.25) is 0 Å². The lowest BCUT2D eigenvalue weighted by atomic mass is 10.2. The van der Waals surface area contributed by atoms with Gasteiger partial charge in [-0.05, 0) is 26.8 Å². The summed E-state index contributed by atoms with van der Waals surface area (Å²) >= 11 is 1.52. The molecule has 3 aromatic rings. The van der Waals surface area contributed by atoms with Crippen LogP contribution in [0.4, 0.5) is 5.82 Å². The van der Waals surface area contributed by atoms with Gasteiger partial charge < -0.3 is 10.2 Å². The predicted octanol–water partition coefficient (Wildman–Crippen LogP) is 3.37. The number of furan rings is 1. The van der Waals surface area contributed by atoms with Crippen molar-refractivity contribution < 1.29 is 4.42 Å². The van der Waals surface area contributed by atoms with Crippen LogP contribution in [0.1, 0.15) is 17.3 Å². The number of hydrogen-bond donors (Lipinski definition) is 1. The summed E-state index contributed by atoms with van der Waals surface area (Å²) in [5, 5.41) is 2.81. The Hall–Kier alpha value is -2.21. The number of nitrogen functional groups attached to an aromatic ring is 1. The average Bonchev–Trinajstić information content (AvgIpc) is 2.96. The molecule has 0 amide bonds. The molecule has 0 aliphatic rings. The van der Waals surface area contributed by atoms with Crippen molar-refractivity contribution in [2.45, 2.75) is 20.8 Å². The first-order valence-electron chi connectivity index (χ1n) is 6.17. The molecular weight excluding hydrogens is 272 g/mol. The largest absolute Gasteiger partial charge is 0.466 e. The summed E-state index contributed by atoms with van der Waals surface area (Å²) in [7, 11) is 0. The second-order valence-corrected chi connectivity index (χ2v) is 5.44. The van der Waals surface area contributed by atoms with Gasteiger partial charge in [0.15, 0.2) is 0 Å². The molecule has 0 aromatic carbocycles. The van der Waals surface area contributed by atoms with Crippen LogP contribution in [0.5, 0.6) is 0 Å². The third kappa shape index (κ3) is 2.18. The van der Waals surface area contributed by atoms with E-state index in [1.54, 1.807) is 6.20 Å². The van der Waals surface area contributed by atoms with Gasteiger partial charge in [-0.2, -0.15) is 0 Å². The van der Waals surface area contributed by atoms with E-state index in [1.807, 2.05) is 32.2 Å². The lowest BCUT2D eigenvalue weighted by Gasteiger charge is -2.01. The second kappa shape index (κ2) is 4.72. The van der Waals surface area contributed by atoms with Crippen molar-refractivity contribution in [2.24, 2.45) is 0 Å². The maximum Gasteiger partial charge on any atom is 0.137 e. The lowest BCUT2D eigenvalue weighted by molar-refractivity contribution is 0.505. The van der Waals surface area contributed by atoms with E-state index in [1.165, 1.54) is 11.3 Å². The standard InChI is InChI=1S/C14H14N4OS/c1-7-4-10(8(2)19-7)12-6-20-14(18-12)11-5-16-9(3)17-13(11)15/h4-6H,1-3H3,(H2,15,16,17). The molecule has 0 spiro atoms. The summed E-state index contributed by atoms with van der Waals surface area (Å²) < 4.78 is 5.54. The molecule has 0 aliphatic heterocycles. The third-order valence-electron chi connectivity index (χ3n) is 2.99. The first-order valence-corrected chi connectivity index (χ1v) is 7.05. The molecule has 2 N–H and O–H groups in total. The Labute approximate surface area is 120 Å². The lowest BCUT2D eigenvalue weighted by Crippen LogP contribution is -1.98. The molecule has 0 bridgehead atoms. The summed E-state index contributed by atoms with van der Waals surface area (Å²) in [5.41, 5.74) is 8.60. The number of hydrogen-bond acceptors (Lipinski definition) is 6. The van der Waals surface area contributed by atoms with Crippen LogP contribution in [0.15, 0.2) is 22.1 Å². The summed E-state index contributed by atoms with van der Waals surface area (Å²) in [4.78, 5) is 13.0. The number of rotatable bonds is 2. The number of aromatic nitrogens is 3. The first-order chi connectivity index (χ1) is 9.54. The van der Waals surface area contributed by atoms with E-state index in [0.717, 1.165) is 33.3 Å². The smallest absolute Gasteiger partial charge is 0.137 e. The molecule has 3 rings (SSSR count). The highest BCUT2D eigenvalue weighted by Crippen LogP contribution is 2.33. The number of anilines is 1. The quantitative estimate of drug-likeness (QED) is 0.781. The van der Waals surface area contributed by atoms with Crippen molar-refractivity contribution in [3.8, 4) is 21.8 Å². The zero-order chi connectivity index (χ0) is 14.3. The minimum Gasteiger partial charge on any atom is -0.466 e. The highest BCUT2D eigenvalue weighted by Gasteiger charge is 2.14. The fourth-order valence-electron chi connectivity index (χ4n) is 2.06. The molecule has 3 heterocycles. The van der Waals surface area contributed by atoms with Crippen LogP contribution in [-0.4, -0.2) is 15.0 Å². The summed E-state index contributed by atoms with van der Waals surface area (Å²) in [6, 6.07) is 1.99. The molecule has 0 saturated carbocycles. The highest BCUT2D eigenvalue weighted by molar-refractivity contribution is 7.13. The van der Waals surface area contributed by atoms with Crippen molar-refractivity contribution in [2.75, 3.05) is 5.73 Å². The van der Waals surface area contributed by atoms with Crippen LogP contribution < -0.4 is 5.73 Å². The van der Waals surface area contributed by atoms with E-state index >= 15 is 0 Å². The fourth-order valence-corrected chi connectivity index (χ4v) is 2.90. The van der Waals surface area contributed by atoms with E-state index in [-0.39, 0.29) is 0 Å². The van der Waals surface area contributed by atoms with Crippen LogP contribution in [0.2, 0.25) is 0 Å². The molecule has 0 radical (unpaired) electrons. The van der Waals surface area contributed by atoms with Gasteiger partial charge in [-0.15, -0.1) is 11.3 Å². The van der Waals surface area contributed by atoms with Gasteiger partial charge in [0.25, 0.3) is 0 Å². The van der Waals surface area contributed by atoms with Crippen LogP contribution in [-0.2, 0) is 0 Å². The van der Waals surface area contributed by atoms with Crippen LogP contribution in [0, 0.1) is 20.8 Å². The molecule has 6 heteroatoms.